The number of anilines is 1. The molecule has 0 radical (unpaired) electrons. The number of benzene rings is 3. The van der Waals surface area contributed by atoms with E-state index in [0.29, 0.717) is 22.4 Å². The van der Waals surface area contributed by atoms with Crippen LogP contribution in [0.25, 0.3) is 0 Å². The minimum Gasteiger partial charge on any atom is -0.452 e. The quantitative estimate of drug-likeness (QED) is 0.354. The Labute approximate surface area is 187 Å². The first-order valence-electron chi connectivity index (χ1n) is 9.85. The number of hydrazine groups is 1. The van der Waals surface area contributed by atoms with E-state index in [2.05, 4.69) is 10.9 Å². The minimum atomic E-state index is -0.784. The smallest absolute Gasteiger partial charge is 0.338 e. The predicted octanol–water partition coefficient (Wildman–Crippen LogP) is 2.11. The van der Waals surface area contributed by atoms with Crippen LogP contribution in [0, 0.1) is 0 Å². The molecule has 2 N–H and O–H groups in total. The molecular formula is C24H17N3O6. The van der Waals surface area contributed by atoms with Gasteiger partial charge in [0.05, 0.1) is 22.4 Å². The van der Waals surface area contributed by atoms with Crippen molar-refractivity contribution in [2.75, 3.05) is 11.5 Å². The molecule has 1 heterocycles. The Balaban J connectivity index is 1.31. The number of amides is 4. The molecule has 0 saturated heterocycles. The van der Waals surface area contributed by atoms with Gasteiger partial charge in [-0.1, -0.05) is 30.3 Å². The molecule has 9 nitrogen and oxygen atoms in total. The van der Waals surface area contributed by atoms with Gasteiger partial charge in [-0.05, 0) is 48.5 Å². The Bertz CT molecular complexity index is 1220. The molecule has 0 aromatic heterocycles. The molecule has 0 aliphatic carbocycles. The highest BCUT2D eigenvalue weighted by Crippen LogP contribution is 2.28. The molecule has 1 aliphatic heterocycles. The van der Waals surface area contributed by atoms with Gasteiger partial charge in [0.25, 0.3) is 23.6 Å². The Morgan fingerprint density at radius 1 is 0.697 bits per heavy atom. The largest absolute Gasteiger partial charge is 0.452 e. The van der Waals surface area contributed by atoms with Crippen molar-refractivity contribution < 1.29 is 28.7 Å². The highest BCUT2D eigenvalue weighted by Gasteiger charge is 2.36. The van der Waals surface area contributed by atoms with E-state index in [4.69, 9.17) is 4.74 Å². The molecule has 0 unspecified atom stereocenters. The van der Waals surface area contributed by atoms with Crippen molar-refractivity contribution in [3.8, 4) is 0 Å². The molecule has 4 amide bonds. The lowest BCUT2D eigenvalue weighted by atomic mass is 10.1. The summed E-state index contributed by atoms with van der Waals surface area (Å²) in [6.45, 7) is -0.617. The van der Waals surface area contributed by atoms with E-state index in [1.807, 2.05) is 0 Å². The predicted molar refractivity (Wildman–Crippen MR) is 116 cm³/mol. The molecule has 0 atom stereocenters. The van der Waals surface area contributed by atoms with Crippen LogP contribution in [0.4, 0.5) is 5.69 Å². The molecule has 3 aromatic carbocycles. The van der Waals surface area contributed by atoms with E-state index in [1.54, 1.807) is 54.6 Å². The number of nitrogens with one attached hydrogen (secondary N) is 2. The zero-order chi connectivity index (χ0) is 23.4. The Hall–Kier alpha value is -4.79. The summed E-state index contributed by atoms with van der Waals surface area (Å²) in [4.78, 5) is 62.0. The van der Waals surface area contributed by atoms with Crippen LogP contribution in [0.1, 0.15) is 41.4 Å². The number of fused-ring (bicyclic) bond motifs is 1. The van der Waals surface area contributed by atoms with Gasteiger partial charge in [0.2, 0.25) is 0 Å². The second-order valence-electron chi connectivity index (χ2n) is 6.98. The third-order valence-electron chi connectivity index (χ3n) is 4.84. The highest BCUT2D eigenvalue weighted by molar-refractivity contribution is 6.34. The summed E-state index contributed by atoms with van der Waals surface area (Å²) in [7, 11) is 0. The van der Waals surface area contributed by atoms with Gasteiger partial charge in [-0.3, -0.25) is 30.0 Å². The van der Waals surface area contributed by atoms with Crippen LogP contribution in [0.5, 0.6) is 0 Å². The lowest BCUT2D eigenvalue weighted by molar-refractivity contribution is -0.125. The lowest BCUT2D eigenvalue weighted by Crippen LogP contribution is -2.43. The molecule has 9 heteroatoms. The number of imide groups is 1. The molecule has 0 bridgehead atoms. The third kappa shape index (κ3) is 4.47. The van der Waals surface area contributed by atoms with Gasteiger partial charge in [0.1, 0.15) is 0 Å². The maximum absolute atomic E-state index is 12.5. The van der Waals surface area contributed by atoms with Gasteiger partial charge in [0.15, 0.2) is 6.61 Å². The number of hydrogen-bond acceptors (Lipinski definition) is 6. The number of ether oxygens (including phenoxy) is 1. The van der Waals surface area contributed by atoms with Crippen molar-refractivity contribution in [3.05, 3.63) is 101 Å². The van der Waals surface area contributed by atoms with Gasteiger partial charge >= 0.3 is 5.97 Å². The molecule has 1 aliphatic rings. The molecule has 4 rings (SSSR count). The average Bonchev–Trinajstić information content (AvgIpc) is 3.11. The summed E-state index contributed by atoms with van der Waals surface area (Å²) >= 11 is 0. The highest BCUT2D eigenvalue weighted by atomic mass is 16.5. The van der Waals surface area contributed by atoms with E-state index in [0.717, 1.165) is 4.90 Å². The first-order valence-corrected chi connectivity index (χ1v) is 9.85. The molecule has 0 fully saturated rings. The summed E-state index contributed by atoms with van der Waals surface area (Å²) in [6.07, 6.45) is 0. The number of esters is 1. The second-order valence-corrected chi connectivity index (χ2v) is 6.98. The fourth-order valence-electron chi connectivity index (χ4n) is 3.21. The lowest BCUT2D eigenvalue weighted by Gasteiger charge is -2.14. The van der Waals surface area contributed by atoms with Gasteiger partial charge in [0, 0.05) is 5.56 Å². The van der Waals surface area contributed by atoms with Gasteiger partial charge in [-0.15, -0.1) is 0 Å². The van der Waals surface area contributed by atoms with Crippen LogP contribution < -0.4 is 15.8 Å². The van der Waals surface area contributed by atoms with Crippen molar-refractivity contribution in [1.82, 2.24) is 10.9 Å². The molecular weight excluding hydrogens is 426 g/mol. The summed E-state index contributed by atoms with van der Waals surface area (Å²) < 4.78 is 4.94. The summed E-state index contributed by atoms with van der Waals surface area (Å²) in [6, 6.07) is 20.4. The van der Waals surface area contributed by atoms with Crippen LogP contribution in [0.15, 0.2) is 78.9 Å². The van der Waals surface area contributed by atoms with Gasteiger partial charge in [-0.2, -0.15) is 0 Å². The second kappa shape index (κ2) is 9.15. The van der Waals surface area contributed by atoms with Crippen LogP contribution in [-0.4, -0.2) is 36.2 Å². The summed E-state index contributed by atoms with van der Waals surface area (Å²) in [5, 5.41) is 0. The number of rotatable bonds is 5. The normalized spacial score (nSPS) is 12.2. The zero-order valence-corrected chi connectivity index (χ0v) is 17.1. The number of nitrogens with zero attached hydrogens (tertiary/aromatic N) is 1. The van der Waals surface area contributed by atoms with Crippen molar-refractivity contribution in [3.63, 3.8) is 0 Å². The van der Waals surface area contributed by atoms with Crippen molar-refractivity contribution in [2.24, 2.45) is 0 Å². The van der Waals surface area contributed by atoms with Crippen LogP contribution in [0.2, 0.25) is 0 Å². The van der Waals surface area contributed by atoms with E-state index in [-0.39, 0.29) is 5.56 Å². The average molecular weight is 443 g/mol. The number of carbonyl (C=O) groups is 5. The van der Waals surface area contributed by atoms with E-state index in [1.165, 1.54) is 24.3 Å². The number of carbonyl (C=O) groups excluding carboxylic acids is 5. The third-order valence-corrected chi connectivity index (χ3v) is 4.84. The minimum absolute atomic E-state index is 0.122. The van der Waals surface area contributed by atoms with Crippen LogP contribution in [-0.2, 0) is 9.53 Å². The standard InChI is InChI=1S/C24H17N3O6/c28-20(25-26-21(29)15-6-2-1-3-7-15)14-33-24(32)16-10-12-17(13-11-16)27-22(30)18-8-4-5-9-19(18)23(27)31/h1-13H,14H2,(H,25,28)(H,26,29). The van der Waals surface area contributed by atoms with Gasteiger partial charge in [-0.25, -0.2) is 9.69 Å². The fraction of sp³-hybridized carbons (Fsp3) is 0.0417. The van der Waals surface area contributed by atoms with Crippen molar-refractivity contribution in [2.45, 2.75) is 0 Å². The molecule has 0 spiro atoms. The Kier molecular flexibility index (Phi) is 5.94. The van der Waals surface area contributed by atoms with Crippen LogP contribution >= 0.6 is 0 Å². The van der Waals surface area contributed by atoms with E-state index in [9.17, 15) is 24.0 Å². The monoisotopic (exact) mass is 443 g/mol. The summed E-state index contributed by atoms with van der Waals surface area (Å²) in [5.41, 5.74) is 5.79. The molecule has 0 saturated carbocycles. The summed E-state index contributed by atoms with van der Waals surface area (Å²) in [5.74, 6) is -2.91. The SMILES string of the molecule is O=C(COC(=O)c1ccc(N2C(=O)c3ccccc3C2=O)cc1)NNC(=O)c1ccccc1. The van der Waals surface area contributed by atoms with Crippen molar-refractivity contribution in [1.29, 1.82) is 0 Å². The Morgan fingerprint density at radius 2 is 1.27 bits per heavy atom. The maximum Gasteiger partial charge on any atom is 0.338 e. The van der Waals surface area contributed by atoms with Gasteiger partial charge < -0.3 is 4.74 Å². The zero-order valence-electron chi connectivity index (χ0n) is 17.1. The molecule has 164 valence electrons. The van der Waals surface area contributed by atoms with Crippen molar-refractivity contribution >= 4 is 35.3 Å². The van der Waals surface area contributed by atoms with Crippen LogP contribution in [0.3, 0.4) is 0 Å². The van der Waals surface area contributed by atoms with E-state index < -0.39 is 36.2 Å². The maximum atomic E-state index is 12.5. The molecule has 3 aromatic rings. The van der Waals surface area contributed by atoms with E-state index >= 15 is 0 Å². The number of hydrogen-bond donors (Lipinski definition) is 2. The fourth-order valence-corrected chi connectivity index (χ4v) is 3.21. The topological polar surface area (TPSA) is 122 Å². The first kappa shape index (κ1) is 21.4. The molecule has 33 heavy (non-hydrogen) atoms. The Morgan fingerprint density at radius 3 is 1.88 bits per heavy atom. The first-order chi connectivity index (χ1) is 16.0.